The molecule has 1 aromatic rings. The van der Waals surface area contributed by atoms with Crippen molar-refractivity contribution in [2.75, 3.05) is 23.7 Å². The van der Waals surface area contributed by atoms with Crippen LogP contribution in [-0.2, 0) is 0 Å². The van der Waals surface area contributed by atoms with E-state index < -0.39 is 0 Å². The quantitative estimate of drug-likeness (QED) is 0.824. The van der Waals surface area contributed by atoms with Crippen molar-refractivity contribution >= 4 is 11.8 Å². The second-order valence-electron chi connectivity index (χ2n) is 4.62. The SMILES string of the molecule is CCCN(CC1CC1)c1cc(C)nc(N)n1. The third-order valence-corrected chi connectivity index (χ3v) is 2.85. The number of anilines is 2. The van der Waals surface area contributed by atoms with Crippen molar-refractivity contribution in [2.24, 2.45) is 5.92 Å². The average molecular weight is 220 g/mol. The van der Waals surface area contributed by atoms with Gasteiger partial charge < -0.3 is 10.6 Å². The topological polar surface area (TPSA) is 55.0 Å². The van der Waals surface area contributed by atoms with Crippen LogP contribution in [0.25, 0.3) is 0 Å². The highest BCUT2D eigenvalue weighted by molar-refractivity contribution is 5.43. The minimum absolute atomic E-state index is 0.381. The van der Waals surface area contributed by atoms with Gasteiger partial charge in [0.15, 0.2) is 0 Å². The molecular formula is C12H20N4. The Morgan fingerprint density at radius 1 is 1.44 bits per heavy atom. The first-order valence-corrected chi connectivity index (χ1v) is 6.05. The normalized spacial score (nSPS) is 15.1. The van der Waals surface area contributed by atoms with Crippen molar-refractivity contribution in [1.82, 2.24) is 9.97 Å². The lowest BCUT2D eigenvalue weighted by Gasteiger charge is -2.23. The van der Waals surface area contributed by atoms with Crippen LogP contribution >= 0.6 is 0 Å². The van der Waals surface area contributed by atoms with Gasteiger partial charge in [0.2, 0.25) is 5.95 Å². The monoisotopic (exact) mass is 220 g/mol. The van der Waals surface area contributed by atoms with E-state index in [0.29, 0.717) is 5.95 Å². The molecule has 2 rings (SSSR count). The summed E-state index contributed by atoms with van der Waals surface area (Å²) in [6, 6.07) is 2.02. The second kappa shape index (κ2) is 4.68. The third kappa shape index (κ3) is 2.84. The van der Waals surface area contributed by atoms with E-state index in [1.807, 2.05) is 13.0 Å². The number of nitrogens with two attached hydrogens (primary N) is 1. The molecule has 2 N–H and O–H groups in total. The molecule has 1 aliphatic rings. The molecule has 16 heavy (non-hydrogen) atoms. The first-order chi connectivity index (χ1) is 7.69. The lowest BCUT2D eigenvalue weighted by atomic mass is 10.3. The Bertz CT molecular complexity index is 340. The standard InChI is InChI=1S/C12H20N4/c1-3-6-16(8-10-4-5-10)11-7-9(2)14-12(13)15-11/h7,10H,3-6,8H2,1-2H3,(H2,13,14,15). The summed E-state index contributed by atoms with van der Waals surface area (Å²) in [7, 11) is 0. The number of nitrogens with zero attached hydrogens (tertiary/aromatic N) is 3. The molecule has 1 saturated carbocycles. The van der Waals surface area contributed by atoms with Gasteiger partial charge in [0, 0.05) is 24.8 Å². The highest BCUT2D eigenvalue weighted by Gasteiger charge is 2.24. The molecule has 0 aromatic carbocycles. The molecule has 0 unspecified atom stereocenters. The largest absolute Gasteiger partial charge is 0.368 e. The van der Waals surface area contributed by atoms with Crippen LogP contribution in [0.5, 0.6) is 0 Å². The Morgan fingerprint density at radius 3 is 2.75 bits per heavy atom. The maximum atomic E-state index is 5.69. The number of nitrogen functional groups attached to an aromatic ring is 1. The number of hydrogen-bond acceptors (Lipinski definition) is 4. The number of aromatic nitrogens is 2. The van der Waals surface area contributed by atoms with E-state index in [2.05, 4.69) is 21.8 Å². The Hall–Kier alpha value is -1.32. The summed E-state index contributed by atoms with van der Waals surface area (Å²) in [6.45, 7) is 6.32. The molecule has 0 amide bonds. The van der Waals surface area contributed by atoms with E-state index in [0.717, 1.165) is 36.9 Å². The second-order valence-corrected chi connectivity index (χ2v) is 4.62. The van der Waals surface area contributed by atoms with Gasteiger partial charge in [-0.3, -0.25) is 0 Å². The summed E-state index contributed by atoms with van der Waals surface area (Å²) < 4.78 is 0. The summed E-state index contributed by atoms with van der Waals surface area (Å²) in [5.41, 5.74) is 6.63. The molecule has 1 aliphatic carbocycles. The molecule has 0 aliphatic heterocycles. The van der Waals surface area contributed by atoms with E-state index in [1.54, 1.807) is 0 Å². The van der Waals surface area contributed by atoms with Gasteiger partial charge in [-0.05, 0) is 32.1 Å². The first-order valence-electron chi connectivity index (χ1n) is 6.05. The summed E-state index contributed by atoms with van der Waals surface area (Å²) >= 11 is 0. The zero-order valence-electron chi connectivity index (χ0n) is 10.1. The molecule has 88 valence electrons. The third-order valence-electron chi connectivity index (χ3n) is 2.85. The smallest absolute Gasteiger partial charge is 0.222 e. The number of hydrogen-bond donors (Lipinski definition) is 1. The molecule has 0 bridgehead atoms. The fourth-order valence-electron chi connectivity index (χ4n) is 1.92. The van der Waals surface area contributed by atoms with Gasteiger partial charge in [0.05, 0.1) is 0 Å². The first kappa shape index (κ1) is 11.2. The Morgan fingerprint density at radius 2 is 2.19 bits per heavy atom. The highest BCUT2D eigenvalue weighted by atomic mass is 15.2. The van der Waals surface area contributed by atoms with Crippen LogP contribution in [0, 0.1) is 12.8 Å². The van der Waals surface area contributed by atoms with Gasteiger partial charge in [-0.15, -0.1) is 0 Å². The average Bonchev–Trinajstić information content (AvgIpc) is 2.99. The van der Waals surface area contributed by atoms with E-state index in [9.17, 15) is 0 Å². The number of rotatable bonds is 5. The highest BCUT2D eigenvalue weighted by Crippen LogP contribution is 2.31. The Balaban J connectivity index is 2.15. The molecule has 1 fully saturated rings. The van der Waals surface area contributed by atoms with Crippen LogP contribution < -0.4 is 10.6 Å². The predicted octanol–water partition coefficient (Wildman–Crippen LogP) is 1.99. The minimum atomic E-state index is 0.381. The van der Waals surface area contributed by atoms with Crippen molar-refractivity contribution in [3.63, 3.8) is 0 Å². The van der Waals surface area contributed by atoms with Crippen molar-refractivity contribution in [1.29, 1.82) is 0 Å². The molecule has 1 heterocycles. The van der Waals surface area contributed by atoms with Crippen LogP contribution in [-0.4, -0.2) is 23.1 Å². The molecule has 4 nitrogen and oxygen atoms in total. The molecule has 0 saturated heterocycles. The van der Waals surface area contributed by atoms with Gasteiger partial charge in [-0.2, -0.15) is 4.98 Å². The molecular weight excluding hydrogens is 200 g/mol. The van der Waals surface area contributed by atoms with Crippen molar-refractivity contribution in [2.45, 2.75) is 33.1 Å². The van der Waals surface area contributed by atoms with Gasteiger partial charge in [0.25, 0.3) is 0 Å². The van der Waals surface area contributed by atoms with E-state index >= 15 is 0 Å². The van der Waals surface area contributed by atoms with Crippen molar-refractivity contribution in [3.05, 3.63) is 11.8 Å². The van der Waals surface area contributed by atoms with E-state index in [1.165, 1.54) is 12.8 Å². The summed E-state index contributed by atoms with van der Waals surface area (Å²) in [5, 5.41) is 0. The fraction of sp³-hybridized carbons (Fsp3) is 0.667. The molecule has 0 spiro atoms. The van der Waals surface area contributed by atoms with Crippen molar-refractivity contribution in [3.8, 4) is 0 Å². The number of aryl methyl sites for hydroxylation is 1. The van der Waals surface area contributed by atoms with E-state index in [-0.39, 0.29) is 0 Å². The zero-order chi connectivity index (χ0) is 11.5. The Kier molecular flexibility index (Phi) is 3.27. The molecule has 1 aromatic heterocycles. The van der Waals surface area contributed by atoms with Gasteiger partial charge in [0.1, 0.15) is 5.82 Å². The van der Waals surface area contributed by atoms with Crippen LogP contribution in [0.15, 0.2) is 6.07 Å². The lowest BCUT2D eigenvalue weighted by molar-refractivity contribution is 0.698. The summed E-state index contributed by atoms with van der Waals surface area (Å²) in [6.07, 6.45) is 3.86. The lowest BCUT2D eigenvalue weighted by Crippen LogP contribution is -2.27. The van der Waals surface area contributed by atoms with Crippen LogP contribution in [0.2, 0.25) is 0 Å². The molecule has 0 radical (unpaired) electrons. The summed E-state index contributed by atoms with van der Waals surface area (Å²) in [4.78, 5) is 10.8. The van der Waals surface area contributed by atoms with Crippen LogP contribution in [0.4, 0.5) is 11.8 Å². The van der Waals surface area contributed by atoms with Gasteiger partial charge in [-0.1, -0.05) is 6.92 Å². The van der Waals surface area contributed by atoms with Crippen molar-refractivity contribution < 1.29 is 0 Å². The van der Waals surface area contributed by atoms with Crippen LogP contribution in [0.3, 0.4) is 0 Å². The minimum Gasteiger partial charge on any atom is -0.368 e. The maximum absolute atomic E-state index is 5.69. The van der Waals surface area contributed by atoms with Gasteiger partial charge in [-0.25, -0.2) is 4.98 Å². The van der Waals surface area contributed by atoms with E-state index in [4.69, 9.17) is 5.73 Å². The fourth-order valence-corrected chi connectivity index (χ4v) is 1.92. The predicted molar refractivity (Wildman–Crippen MR) is 66.4 cm³/mol. The van der Waals surface area contributed by atoms with Gasteiger partial charge >= 0.3 is 0 Å². The maximum Gasteiger partial charge on any atom is 0.222 e. The molecule has 0 atom stereocenters. The summed E-state index contributed by atoms with van der Waals surface area (Å²) in [5.74, 6) is 2.23. The van der Waals surface area contributed by atoms with Crippen LogP contribution in [0.1, 0.15) is 31.9 Å². The zero-order valence-corrected chi connectivity index (χ0v) is 10.1. The molecule has 4 heteroatoms. The Labute approximate surface area is 96.9 Å².